The third-order valence-electron chi connectivity index (χ3n) is 3.22. The van der Waals surface area contributed by atoms with E-state index in [4.69, 9.17) is 0 Å². The van der Waals surface area contributed by atoms with Gasteiger partial charge >= 0.3 is 6.03 Å². The zero-order valence-electron chi connectivity index (χ0n) is 9.92. The van der Waals surface area contributed by atoms with Crippen LogP contribution in [0.1, 0.15) is 27.2 Å². The Hall–Kier alpha value is -0.990. The Morgan fingerprint density at radius 1 is 1.33 bits per heavy atom. The molecule has 0 spiro atoms. The first-order chi connectivity index (χ1) is 6.98. The molecule has 0 atom stereocenters. The number of amides is 2. The quantitative estimate of drug-likeness (QED) is 0.559. The van der Waals surface area contributed by atoms with Crippen LogP contribution in [-0.2, 0) is 0 Å². The van der Waals surface area contributed by atoms with Crippen LogP contribution < -0.4 is 0 Å². The fourth-order valence-electron chi connectivity index (χ4n) is 2.27. The number of nitrogens with zero attached hydrogens (tertiary/aromatic N) is 2. The maximum Gasteiger partial charge on any atom is 0.320 e. The number of carbonyl (C=O) groups is 1. The van der Waals surface area contributed by atoms with E-state index >= 15 is 0 Å². The van der Waals surface area contributed by atoms with Crippen molar-refractivity contribution >= 4 is 6.03 Å². The molecular formula is C12H20N2O. The molecule has 2 amide bonds. The highest BCUT2D eigenvalue weighted by atomic mass is 16.2. The average Bonchev–Trinajstić information content (AvgIpc) is 2.14. The summed E-state index contributed by atoms with van der Waals surface area (Å²) in [7, 11) is 0. The van der Waals surface area contributed by atoms with E-state index in [-0.39, 0.29) is 6.03 Å². The molecule has 0 aromatic rings. The molecule has 0 aromatic heterocycles. The molecule has 0 unspecified atom stereocenters. The summed E-state index contributed by atoms with van der Waals surface area (Å²) >= 11 is 0. The zero-order valence-corrected chi connectivity index (χ0v) is 9.92. The van der Waals surface area contributed by atoms with Crippen molar-refractivity contribution in [2.45, 2.75) is 27.2 Å². The minimum atomic E-state index is 0.220. The van der Waals surface area contributed by atoms with Crippen LogP contribution in [0.3, 0.4) is 0 Å². The molecule has 0 bridgehead atoms. The van der Waals surface area contributed by atoms with E-state index in [1.165, 1.54) is 5.57 Å². The predicted octanol–water partition coefficient (Wildman–Crippen LogP) is 2.10. The minimum absolute atomic E-state index is 0.220. The highest BCUT2D eigenvalue weighted by Gasteiger charge is 2.38. The van der Waals surface area contributed by atoms with E-state index in [2.05, 4.69) is 26.8 Å². The van der Waals surface area contributed by atoms with E-state index in [1.807, 2.05) is 9.80 Å². The second-order valence-corrected chi connectivity index (χ2v) is 5.55. The van der Waals surface area contributed by atoms with Crippen LogP contribution in [0, 0.1) is 5.41 Å². The lowest BCUT2D eigenvalue weighted by atomic mass is 9.85. The van der Waals surface area contributed by atoms with Crippen molar-refractivity contribution in [2.24, 2.45) is 5.41 Å². The van der Waals surface area contributed by atoms with Gasteiger partial charge in [-0.2, -0.15) is 0 Å². The van der Waals surface area contributed by atoms with Crippen LogP contribution in [0.2, 0.25) is 0 Å². The number of urea groups is 1. The lowest BCUT2D eigenvalue weighted by Gasteiger charge is -2.47. The smallest absolute Gasteiger partial charge is 0.320 e. The maximum absolute atomic E-state index is 12.0. The summed E-state index contributed by atoms with van der Waals surface area (Å²) in [6.07, 6.45) is 3.19. The minimum Gasteiger partial charge on any atom is -0.323 e. The first kappa shape index (κ1) is 10.5. The molecule has 84 valence electrons. The summed E-state index contributed by atoms with van der Waals surface area (Å²) in [6.45, 7) is 10.0. The molecule has 3 nitrogen and oxygen atoms in total. The highest BCUT2D eigenvalue weighted by molar-refractivity contribution is 5.76. The largest absolute Gasteiger partial charge is 0.323 e. The second-order valence-electron chi connectivity index (χ2n) is 5.55. The Bertz CT molecular complexity index is 299. The van der Waals surface area contributed by atoms with E-state index in [1.54, 1.807) is 0 Å². The standard InChI is InChI=1S/C12H20N2O/c1-10-4-6-13(7-5-10)11(15)14-8-12(2,3)9-14/h4H,5-9H2,1-3H3. The summed E-state index contributed by atoms with van der Waals surface area (Å²) in [5.74, 6) is 0. The SMILES string of the molecule is CC1=CCN(C(=O)N2CC(C)(C)C2)CC1. The fraction of sp³-hybridized carbons (Fsp3) is 0.750. The topological polar surface area (TPSA) is 23.6 Å². The van der Waals surface area contributed by atoms with Crippen LogP contribution in [0.4, 0.5) is 4.79 Å². The molecule has 15 heavy (non-hydrogen) atoms. The van der Waals surface area contributed by atoms with Gasteiger partial charge in [0, 0.05) is 31.6 Å². The van der Waals surface area contributed by atoms with Gasteiger partial charge in [-0.1, -0.05) is 25.5 Å². The van der Waals surface area contributed by atoms with Gasteiger partial charge in [-0.05, 0) is 13.3 Å². The van der Waals surface area contributed by atoms with Crippen molar-refractivity contribution in [1.82, 2.24) is 9.80 Å². The molecule has 0 saturated carbocycles. The Morgan fingerprint density at radius 2 is 2.00 bits per heavy atom. The lowest BCUT2D eigenvalue weighted by molar-refractivity contribution is 0.0436. The molecule has 0 aliphatic carbocycles. The lowest BCUT2D eigenvalue weighted by Crippen LogP contribution is -2.59. The van der Waals surface area contributed by atoms with Crippen molar-refractivity contribution in [3.63, 3.8) is 0 Å². The molecule has 2 rings (SSSR count). The van der Waals surface area contributed by atoms with E-state index in [0.29, 0.717) is 5.41 Å². The van der Waals surface area contributed by atoms with E-state index in [9.17, 15) is 4.79 Å². The van der Waals surface area contributed by atoms with Crippen molar-refractivity contribution < 1.29 is 4.79 Å². The van der Waals surface area contributed by atoms with E-state index in [0.717, 1.165) is 32.6 Å². The monoisotopic (exact) mass is 208 g/mol. The summed E-state index contributed by atoms with van der Waals surface area (Å²) < 4.78 is 0. The Kier molecular flexibility index (Phi) is 2.49. The third kappa shape index (κ3) is 2.16. The molecule has 3 heteroatoms. The predicted molar refractivity (Wildman–Crippen MR) is 60.7 cm³/mol. The number of hydrogen-bond donors (Lipinski definition) is 0. The molecule has 2 aliphatic rings. The van der Waals surface area contributed by atoms with Crippen LogP contribution in [0.25, 0.3) is 0 Å². The highest BCUT2D eigenvalue weighted by Crippen LogP contribution is 2.29. The Balaban J connectivity index is 1.88. The van der Waals surface area contributed by atoms with Gasteiger partial charge in [-0.25, -0.2) is 4.79 Å². The Labute approximate surface area is 91.7 Å². The van der Waals surface area contributed by atoms with Gasteiger partial charge in [0.15, 0.2) is 0 Å². The number of rotatable bonds is 0. The molecule has 0 aromatic carbocycles. The Morgan fingerprint density at radius 3 is 2.47 bits per heavy atom. The van der Waals surface area contributed by atoms with Crippen LogP contribution >= 0.6 is 0 Å². The first-order valence-electron chi connectivity index (χ1n) is 5.67. The summed E-state index contributed by atoms with van der Waals surface area (Å²) in [5, 5.41) is 0. The van der Waals surface area contributed by atoms with Gasteiger partial charge in [0.25, 0.3) is 0 Å². The second kappa shape index (κ2) is 3.54. The zero-order chi connectivity index (χ0) is 11.1. The third-order valence-corrected chi connectivity index (χ3v) is 3.22. The first-order valence-corrected chi connectivity index (χ1v) is 5.67. The fourth-order valence-corrected chi connectivity index (χ4v) is 2.27. The summed E-state index contributed by atoms with van der Waals surface area (Å²) in [5.41, 5.74) is 1.74. The number of likely N-dealkylation sites (tertiary alicyclic amines) is 1. The van der Waals surface area contributed by atoms with Crippen molar-refractivity contribution in [1.29, 1.82) is 0 Å². The van der Waals surface area contributed by atoms with Gasteiger partial charge < -0.3 is 9.80 Å². The molecule has 1 saturated heterocycles. The number of hydrogen-bond acceptors (Lipinski definition) is 1. The summed E-state index contributed by atoms with van der Waals surface area (Å²) in [6, 6.07) is 0.220. The molecule has 1 fully saturated rings. The number of carbonyl (C=O) groups excluding carboxylic acids is 1. The van der Waals surface area contributed by atoms with Crippen LogP contribution in [0.15, 0.2) is 11.6 Å². The normalized spacial score (nSPS) is 24.6. The van der Waals surface area contributed by atoms with Gasteiger partial charge in [0.2, 0.25) is 0 Å². The van der Waals surface area contributed by atoms with Gasteiger partial charge in [-0.3, -0.25) is 0 Å². The maximum atomic E-state index is 12.0. The van der Waals surface area contributed by atoms with Crippen LogP contribution in [-0.4, -0.2) is 42.0 Å². The van der Waals surface area contributed by atoms with Gasteiger partial charge in [0.05, 0.1) is 0 Å². The molecule has 2 aliphatic heterocycles. The average molecular weight is 208 g/mol. The summed E-state index contributed by atoms with van der Waals surface area (Å²) in [4.78, 5) is 15.9. The molecule has 0 N–H and O–H groups in total. The van der Waals surface area contributed by atoms with Crippen LogP contribution in [0.5, 0.6) is 0 Å². The van der Waals surface area contributed by atoms with Gasteiger partial charge in [-0.15, -0.1) is 0 Å². The van der Waals surface area contributed by atoms with Crippen molar-refractivity contribution in [3.05, 3.63) is 11.6 Å². The molecular weight excluding hydrogens is 188 g/mol. The molecule has 2 heterocycles. The van der Waals surface area contributed by atoms with Crippen molar-refractivity contribution in [2.75, 3.05) is 26.2 Å². The molecule has 0 radical (unpaired) electrons. The van der Waals surface area contributed by atoms with Gasteiger partial charge in [0.1, 0.15) is 0 Å². The van der Waals surface area contributed by atoms with Crippen molar-refractivity contribution in [3.8, 4) is 0 Å². The van der Waals surface area contributed by atoms with E-state index < -0.39 is 0 Å².